The van der Waals surface area contributed by atoms with Crippen LogP contribution in [0.25, 0.3) is 0 Å². The summed E-state index contributed by atoms with van der Waals surface area (Å²) in [6, 6.07) is 9.41. The van der Waals surface area contributed by atoms with Gasteiger partial charge in [0.25, 0.3) is 0 Å². The van der Waals surface area contributed by atoms with Gasteiger partial charge in [-0.3, -0.25) is 4.79 Å². The summed E-state index contributed by atoms with van der Waals surface area (Å²) >= 11 is 1.73. The van der Waals surface area contributed by atoms with Gasteiger partial charge in [0, 0.05) is 22.6 Å². The lowest BCUT2D eigenvalue weighted by molar-refractivity contribution is -0.110. The lowest BCUT2D eigenvalue weighted by atomic mass is 10.1. The number of rotatable bonds is 3. The van der Waals surface area contributed by atoms with E-state index in [1.165, 1.54) is 0 Å². The van der Waals surface area contributed by atoms with E-state index in [-0.39, 0.29) is 9.83 Å². The SMILES string of the molecule is NC(Cc1ccccc1)C(=O)I. The average molecular weight is 275 g/mol. The molecule has 0 heterocycles. The van der Waals surface area contributed by atoms with E-state index < -0.39 is 0 Å². The Morgan fingerprint density at radius 3 is 2.50 bits per heavy atom. The number of carbonyl (C=O) groups is 1. The van der Waals surface area contributed by atoms with Crippen LogP contribution in [0.2, 0.25) is 0 Å². The summed E-state index contributed by atoms with van der Waals surface area (Å²) in [5, 5.41) is 0. The lowest BCUT2D eigenvalue weighted by Gasteiger charge is -2.05. The molecule has 0 spiro atoms. The fraction of sp³-hybridized carbons (Fsp3) is 0.222. The van der Waals surface area contributed by atoms with Crippen LogP contribution in [0.5, 0.6) is 0 Å². The highest BCUT2D eigenvalue weighted by Crippen LogP contribution is 2.04. The van der Waals surface area contributed by atoms with E-state index in [2.05, 4.69) is 0 Å². The Morgan fingerprint density at radius 1 is 1.42 bits per heavy atom. The molecule has 0 aliphatic carbocycles. The van der Waals surface area contributed by atoms with E-state index in [9.17, 15) is 4.79 Å². The average Bonchev–Trinajstić information content (AvgIpc) is 2.06. The first kappa shape index (κ1) is 9.67. The zero-order valence-corrected chi connectivity index (χ0v) is 8.69. The molecule has 2 N–H and O–H groups in total. The van der Waals surface area contributed by atoms with Gasteiger partial charge in [-0.15, -0.1) is 0 Å². The van der Waals surface area contributed by atoms with Crippen molar-refractivity contribution in [1.82, 2.24) is 0 Å². The zero-order valence-electron chi connectivity index (χ0n) is 6.53. The van der Waals surface area contributed by atoms with Crippen LogP contribution in [0.15, 0.2) is 30.3 Å². The number of hydrogen-bond donors (Lipinski definition) is 1. The van der Waals surface area contributed by atoms with Gasteiger partial charge in [-0.05, 0) is 12.0 Å². The first-order valence-corrected chi connectivity index (χ1v) is 4.77. The van der Waals surface area contributed by atoms with Gasteiger partial charge in [0.1, 0.15) is 0 Å². The Morgan fingerprint density at radius 2 is 2.00 bits per heavy atom. The van der Waals surface area contributed by atoms with Crippen LogP contribution in [0.4, 0.5) is 0 Å². The van der Waals surface area contributed by atoms with Gasteiger partial charge in [-0.1, -0.05) is 30.3 Å². The van der Waals surface area contributed by atoms with E-state index in [4.69, 9.17) is 5.73 Å². The van der Waals surface area contributed by atoms with Gasteiger partial charge in [0.05, 0.1) is 6.04 Å². The second kappa shape index (κ2) is 4.57. The van der Waals surface area contributed by atoms with Crippen LogP contribution < -0.4 is 5.73 Å². The molecule has 0 saturated carbocycles. The molecule has 0 saturated heterocycles. The molecule has 0 aliphatic rings. The number of benzene rings is 1. The maximum Gasteiger partial charge on any atom is 0.209 e. The highest BCUT2D eigenvalue weighted by molar-refractivity contribution is 14.1. The standard InChI is InChI=1S/C9H10INO/c10-9(12)8(11)6-7-4-2-1-3-5-7/h1-5,8H,6,11H2. The van der Waals surface area contributed by atoms with E-state index in [1.54, 1.807) is 22.6 Å². The Bertz CT molecular complexity index is 260. The van der Waals surface area contributed by atoms with Gasteiger partial charge in [0.15, 0.2) is 0 Å². The minimum absolute atomic E-state index is 0.0106. The van der Waals surface area contributed by atoms with E-state index in [0.29, 0.717) is 6.42 Å². The Hall–Kier alpha value is -0.420. The Balaban J connectivity index is 2.58. The van der Waals surface area contributed by atoms with Crippen LogP contribution in [0, 0.1) is 0 Å². The first-order valence-electron chi connectivity index (χ1n) is 3.69. The van der Waals surface area contributed by atoms with Crippen molar-refractivity contribution in [3.05, 3.63) is 35.9 Å². The molecule has 1 rings (SSSR count). The highest BCUT2D eigenvalue weighted by Gasteiger charge is 2.09. The maximum atomic E-state index is 10.8. The third-order valence-corrected chi connectivity index (χ3v) is 2.39. The molecule has 0 aliphatic heterocycles. The Kier molecular flexibility index (Phi) is 3.68. The second-order valence-electron chi connectivity index (χ2n) is 2.60. The van der Waals surface area contributed by atoms with Crippen LogP contribution in [-0.4, -0.2) is 9.83 Å². The van der Waals surface area contributed by atoms with Gasteiger partial charge < -0.3 is 5.73 Å². The third kappa shape index (κ3) is 2.91. The van der Waals surface area contributed by atoms with Crippen molar-refractivity contribution in [3.8, 4) is 0 Å². The van der Waals surface area contributed by atoms with E-state index in [1.807, 2.05) is 30.3 Å². The topological polar surface area (TPSA) is 43.1 Å². The summed E-state index contributed by atoms with van der Waals surface area (Å²) in [5.74, 6) is 0. The minimum Gasteiger partial charge on any atom is -0.321 e. The summed E-state index contributed by atoms with van der Waals surface area (Å²) in [6.07, 6.45) is 0.628. The normalized spacial score (nSPS) is 12.5. The van der Waals surface area contributed by atoms with Crippen LogP contribution >= 0.6 is 22.6 Å². The van der Waals surface area contributed by atoms with Crippen molar-refractivity contribution >= 4 is 26.4 Å². The number of nitrogens with two attached hydrogens (primary N) is 1. The molecular formula is C9H10INO. The molecule has 0 amide bonds. The predicted octanol–water partition coefficient (Wildman–Crippen LogP) is 1.52. The number of hydrogen-bond acceptors (Lipinski definition) is 2. The molecule has 1 aromatic rings. The van der Waals surface area contributed by atoms with Crippen molar-refractivity contribution in [2.45, 2.75) is 12.5 Å². The molecule has 0 radical (unpaired) electrons. The molecule has 64 valence electrons. The molecule has 0 aromatic heterocycles. The summed E-state index contributed by atoms with van der Waals surface area (Å²) in [7, 11) is 0. The van der Waals surface area contributed by atoms with Crippen LogP contribution in [0.1, 0.15) is 5.56 Å². The van der Waals surface area contributed by atoms with Gasteiger partial charge in [-0.25, -0.2) is 0 Å². The smallest absolute Gasteiger partial charge is 0.209 e. The molecule has 0 fully saturated rings. The molecule has 12 heavy (non-hydrogen) atoms. The molecule has 1 unspecified atom stereocenters. The van der Waals surface area contributed by atoms with E-state index >= 15 is 0 Å². The predicted molar refractivity (Wildman–Crippen MR) is 57.1 cm³/mol. The van der Waals surface area contributed by atoms with Crippen molar-refractivity contribution in [2.24, 2.45) is 5.73 Å². The summed E-state index contributed by atoms with van der Waals surface area (Å²) < 4.78 is 0.0106. The molecule has 0 bridgehead atoms. The minimum atomic E-state index is -0.368. The number of halogens is 1. The monoisotopic (exact) mass is 275 g/mol. The van der Waals surface area contributed by atoms with Crippen LogP contribution in [0.3, 0.4) is 0 Å². The summed E-state index contributed by atoms with van der Waals surface area (Å²) in [5.41, 5.74) is 6.70. The molecular weight excluding hydrogens is 265 g/mol. The second-order valence-corrected chi connectivity index (χ2v) is 3.66. The van der Waals surface area contributed by atoms with Crippen molar-refractivity contribution in [1.29, 1.82) is 0 Å². The highest BCUT2D eigenvalue weighted by atomic mass is 127. The van der Waals surface area contributed by atoms with E-state index in [0.717, 1.165) is 5.56 Å². The summed E-state index contributed by atoms with van der Waals surface area (Å²) in [6.45, 7) is 0. The largest absolute Gasteiger partial charge is 0.321 e. The van der Waals surface area contributed by atoms with Gasteiger partial charge >= 0.3 is 0 Å². The third-order valence-electron chi connectivity index (χ3n) is 1.59. The molecule has 1 aromatic carbocycles. The fourth-order valence-electron chi connectivity index (χ4n) is 0.948. The van der Waals surface area contributed by atoms with Crippen molar-refractivity contribution in [3.63, 3.8) is 0 Å². The maximum absolute atomic E-state index is 10.8. The lowest BCUT2D eigenvalue weighted by Crippen LogP contribution is -2.28. The quantitative estimate of drug-likeness (QED) is 0.671. The zero-order chi connectivity index (χ0) is 8.97. The first-order chi connectivity index (χ1) is 5.70. The molecule has 3 heteroatoms. The molecule has 1 atom stereocenters. The molecule has 2 nitrogen and oxygen atoms in total. The number of carbonyl (C=O) groups excluding carboxylic acids is 1. The summed E-state index contributed by atoms with van der Waals surface area (Å²) in [4.78, 5) is 10.8. The van der Waals surface area contributed by atoms with Crippen molar-refractivity contribution < 1.29 is 4.79 Å². The van der Waals surface area contributed by atoms with Crippen LogP contribution in [-0.2, 0) is 11.2 Å². The van der Waals surface area contributed by atoms with Gasteiger partial charge in [-0.2, -0.15) is 0 Å². The Labute approximate surface area is 85.3 Å². The van der Waals surface area contributed by atoms with Gasteiger partial charge in [0.2, 0.25) is 3.79 Å². The fourth-order valence-corrected chi connectivity index (χ4v) is 1.17. The van der Waals surface area contributed by atoms with Crippen molar-refractivity contribution in [2.75, 3.05) is 0 Å².